The second-order valence-electron chi connectivity index (χ2n) is 5.72. The minimum atomic E-state index is -0.268. The van der Waals surface area contributed by atoms with Crippen molar-refractivity contribution in [2.45, 2.75) is 12.8 Å². The third-order valence-electron chi connectivity index (χ3n) is 3.93. The van der Waals surface area contributed by atoms with E-state index in [2.05, 4.69) is 5.32 Å². The number of amides is 2. The number of rotatable bonds is 6. The first-order valence-electron chi connectivity index (χ1n) is 8.13. The lowest BCUT2D eigenvalue weighted by Gasteiger charge is -2.16. The van der Waals surface area contributed by atoms with Crippen molar-refractivity contribution in [3.63, 3.8) is 0 Å². The maximum Gasteiger partial charge on any atom is 0.262 e. The van der Waals surface area contributed by atoms with Crippen LogP contribution < -0.4 is 19.7 Å². The fourth-order valence-electron chi connectivity index (χ4n) is 2.71. The molecule has 6 nitrogen and oxygen atoms in total. The number of benzene rings is 2. The SMILES string of the molecule is COc1cccc(NC(=O)COc2cccc(N3CCCC3=O)c2)c1. The highest BCUT2D eigenvalue weighted by Crippen LogP contribution is 2.25. The number of anilines is 2. The van der Waals surface area contributed by atoms with E-state index in [0.29, 0.717) is 23.6 Å². The molecule has 25 heavy (non-hydrogen) atoms. The van der Waals surface area contributed by atoms with Crippen molar-refractivity contribution < 1.29 is 19.1 Å². The highest BCUT2D eigenvalue weighted by atomic mass is 16.5. The third-order valence-corrected chi connectivity index (χ3v) is 3.93. The van der Waals surface area contributed by atoms with Crippen molar-refractivity contribution in [2.75, 3.05) is 30.5 Å². The van der Waals surface area contributed by atoms with E-state index in [0.717, 1.165) is 18.7 Å². The Balaban J connectivity index is 1.57. The van der Waals surface area contributed by atoms with Gasteiger partial charge in [0.15, 0.2) is 6.61 Å². The molecule has 3 rings (SSSR count). The Morgan fingerprint density at radius 1 is 1.16 bits per heavy atom. The van der Waals surface area contributed by atoms with E-state index < -0.39 is 0 Å². The predicted molar refractivity (Wildman–Crippen MR) is 95.1 cm³/mol. The van der Waals surface area contributed by atoms with E-state index in [4.69, 9.17) is 9.47 Å². The van der Waals surface area contributed by atoms with E-state index in [9.17, 15) is 9.59 Å². The maximum absolute atomic E-state index is 12.0. The molecule has 0 aromatic heterocycles. The van der Waals surface area contributed by atoms with Crippen LogP contribution in [0.1, 0.15) is 12.8 Å². The molecular formula is C19H20N2O4. The van der Waals surface area contributed by atoms with Crippen molar-refractivity contribution in [1.29, 1.82) is 0 Å². The van der Waals surface area contributed by atoms with Crippen molar-refractivity contribution >= 4 is 23.2 Å². The normalized spacial score (nSPS) is 13.6. The molecule has 1 fully saturated rings. The standard InChI is InChI=1S/C19H20N2O4/c1-24-16-7-2-5-14(11-16)20-18(22)13-25-17-8-3-6-15(12-17)21-10-4-9-19(21)23/h2-3,5-8,11-12H,4,9-10,13H2,1H3,(H,20,22). The van der Waals surface area contributed by atoms with Gasteiger partial charge in [0.25, 0.3) is 5.91 Å². The average Bonchev–Trinajstić information content (AvgIpc) is 3.06. The summed E-state index contributed by atoms with van der Waals surface area (Å²) >= 11 is 0. The summed E-state index contributed by atoms with van der Waals surface area (Å²) in [7, 11) is 1.57. The predicted octanol–water partition coefficient (Wildman–Crippen LogP) is 2.84. The van der Waals surface area contributed by atoms with Crippen LogP contribution in [-0.4, -0.2) is 32.1 Å². The number of hydrogen-bond acceptors (Lipinski definition) is 4. The summed E-state index contributed by atoms with van der Waals surface area (Å²) in [5.41, 5.74) is 1.44. The molecule has 130 valence electrons. The molecule has 1 aliphatic rings. The van der Waals surface area contributed by atoms with Gasteiger partial charge >= 0.3 is 0 Å². The van der Waals surface area contributed by atoms with Gasteiger partial charge in [0.1, 0.15) is 11.5 Å². The number of hydrogen-bond donors (Lipinski definition) is 1. The van der Waals surface area contributed by atoms with Gasteiger partial charge < -0.3 is 19.7 Å². The molecule has 1 N–H and O–H groups in total. The number of nitrogens with zero attached hydrogens (tertiary/aromatic N) is 1. The summed E-state index contributed by atoms with van der Waals surface area (Å²) in [6.07, 6.45) is 1.45. The van der Waals surface area contributed by atoms with Crippen LogP contribution in [0.25, 0.3) is 0 Å². The topological polar surface area (TPSA) is 67.9 Å². The van der Waals surface area contributed by atoms with Crippen LogP contribution in [0.5, 0.6) is 11.5 Å². The van der Waals surface area contributed by atoms with Crippen molar-refractivity contribution in [1.82, 2.24) is 0 Å². The molecule has 2 amide bonds. The lowest BCUT2D eigenvalue weighted by molar-refractivity contribution is -0.118. The van der Waals surface area contributed by atoms with Gasteiger partial charge in [-0.25, -0.2) is 0 Å². The molecule has 0 bridgehead atoms. The first kappa shape index (κ1) is 16.8. The molecule has 0 spiro atoms. The Morgan fingerprint density at radius 3 is 2.72 bits per heavy atom. The minimum absolute atomic E-state index is 0.116. The monoisotopic (exact) mass is 340 g/mol. The molecule has 0 radical (unpaired) electrons. The first-order valence-corrected chi connectivity index (χ1v) is 8.13. The summed E-state index contributed by atoms with van der Waals surface area (Å²) in [5, 5.41) is 2.76. The quantitative estimate of drug-likeness (QED) is 0.878. The maximum atomic E-state index is 12.0. The Kier molecular flexibility index (Phi) is 5.18. The number of methoxy groups -OCH3 is 1. The summed E-state index contributed by atoms with van der Waals surface area (Å²) in [6, 6.07) is 14.3. The van der Waals surface area contributed by atoms with Gasteiger partial charge in [-0.15, -0.1) is 0 Å². The number of carbonyl (C=O) groups excluding carboxylic acids is 2. The average molecular weight is 340 g/mol. The van der Waals surface area contributed by atoms with Crippen LogP contribution in [0, 0.1) is 0 Å². The van der Waals surface area contributed by atoms with Crippen LogP contribution in [0.3, 0.4) is 0 Å². The molecule has 0 atom stereocenters. The van der Waals surface area contributed by atoms with Gasteiger partial charge in [0, 0.05) is 36.5 Å². The van der Waals surface area contributed by atoms with E-state index >= 15 is 0 Å². The fraction of sp³-hybridized carbons (Fsp3) is 0.263. The van der Waals surface area contributed by atoms with Gasteiger partial charge in [-0.2, -0.15) is 0 Å². The molecular weight excluding hydrogens is 320 g/mol. The van der Waals surface area contributed by atoms with Crippen molar-refractivity contribution in [2.24, 2.45) is 0 Å². The summed E-state index contributed by atoms with van der Waals surface area (Å²) in [4.78, 5) is 25.6. The highest BCUT2D eigenvalue weighted by molar-refractivity contribution is 5.95. The molecule has 0 saturated carbocycles. The summed E-state index contributed by atoms with van der Waals surface area (Å²) in [5.74, 6) is 1.07. The molecule has 1 aliphatic heterocycles. The zero-order valence-corrected chi connectivity index (χ0v) is 14.0. The molecule has 2 aromatic carbocycles. The largest absolute Gasteiger partial charge is 0.497 e. The Labute approximate surface area is 146 Å². The number of carbonyl (C=O) groups is 2. The van der Waals surface area contributed by atoms with E-state index in [-0.39, 0.29) is 18.4 Å². The zero-order valence-electron chi connectivity index (χ0n) is 14.0. The van der Waals surface area contributed by atoms with E-state index in [1.165, 1.54) is 0 Å². The highest BCUT2D eigenvalue weighted by Gasteiger charge is 2.21. The zero-order chi connectivity index (χ0) is 17.6. The molecule has 1 heterocycles. The van der Waals surface area contributed by atoms with Crippen LogP contribution in [0.4, 0.5) is 11.4 Å². The van der Waals surface area contributed by atoms with Gasteiger partial charge in [0.2, 0.25) is 5.91 Å². The summed E-state index contributed by atoms with van der Waals surface area (Å²) in [6.45, 7) is 0.604. The lowest BCUT2D eigenvalue weighted by atomic mass is 10.3. The Morgan fingerprint density at radius 2 is 1.96 bits per heavy atom. The smallest absolute Gasteiger partial charge is 0.262 e. The molecule has 6 heteroatoms. The molecule has 0 unspecified atom stereocenters. The Bertz CT molecular complexity index is 776. The van der Waals surface area contributed by atoms with Crippen LogP contribution in [0.2, 0.25) is 0 Å². The minimum Gasteiger partial charge on any atom is -0.497 e. The molecule has 1 saturated heterocycles. The first-order chi connectivity index (χ1) is 12.2. The second-order valence-corrected chi connectivity index (χ2v) is 5.72. The van der Waals surface area contributed by atoms with Crippen LogP contribution in [0.15, 0.2) is 48.5 Å². The van der Waals surface area contributed by atoms with Gasteiger partial charge in [0.05, 0.1) is 7.11 Å². The van der Waals surface area contributed by atoms with Gasteiger partial charge in [-0.1, -0.05) is 12.1 Å². The number of ether oxygens (including phenoxy) is 2. The van der Waals surface area contributed by atoms with Crippen molar-refractivity contribution in [3.05, 3.63) is 48.5 Å². The van der Waals surface area contributed by atoms with Crippen LogP contribution >= 0.6 is 0 Å². The van der Waals surface area contributed by atoms with Crippen molar-refractivity contribution in [3.8, 4) is 11.5 Å². The van der Waals surface area contributed by atoms with E-state index in [1.54, 1.807) is 48.4 Å². The molecule has 2 aromatic rings. The summed E-state index contributed by atoms with van der Waals surface area (Å²) < 4.78 is 10.7. The van der Waals surface area contributed by atoms with Crippen LogP contribution in [-0.2, 0) is 9.59 Å². The van der Waals surface area contributed by atoms with Gasteiger partial charge in [-0.05, 0) is 30.7 Å². The van der Waals surface area contributed by atoms with Gasteiger partial charge in [-0.3, -0.25) is 9.59 Å². The fourth-order valence-corrected chi connectivity index (χ4v) is 2.71. The molecule has 0 aliphatic carbocycles. The number of nitrogens with one attached hydrogen (secondary N) is 1. The third kappa shape index (κ3) is 4.29. The Hall–Kier alpha value is -3.02. The van der Waals surface area contributed by atoms with E-state index in [1.807, 2.05) is 12.1 Å². The second kappa shape index (κ2) is 7.70. The lowest BCUT2D eigenvalue weighted by Crippen LogP contribution is -2.24.